The molecule has 0 saturated carbocycles. The van der Waals surface area contributed by atoms with Crippen molar-refractivity contribution in [1.29, 1.82) is 5.26 Å². The smallest absolute Gasteiger partial charge is 0.189 e. The molecular weight excluding hydrogens is 246 g/mol. The molecule has 88 valence electrons. The Balaban J connectivity index is 2.65. The summed E-state index contributed by atoms with van der Waals surface area (Å²) >= 11 is 4.74. The first-order chi connectivity index (χ1) is 8.61. The normalized spacial score (nSPS) is 11.2. The largest absolute Gasteiger partial charge is 0.389 e. The molecule has 4 nitrogen and oxygen atoms in total. The highest BCUT2D eigenvalue weighted by Gasteiger charge is 2.03. The number of aromatic nitrogens is 1. The fourth-order valence-corrected chi connectivity index (χ4v) is 1.71. The summed E-state index contributed by atoms with van der Waals surface area (Å²) in [5.74, 6) is 0. The van der Waals surface area contributed by atoms with Crippen LogP contribution in [0.4, 0.5) is 0 Å². The van der Waals surface area contributed by atoms with Crippen molar-refractivity contribution in [2.75, 3.05) is 0 Å². The average molecular weight is 255 g/mol. The van der Waals surface area contributed by atoms with Gasteiger partial charge in [-0.2, -0.15) is 5.26 Å². The first-order valence-corrected chi connectivity index (χ1v) is 5.56. The molecule has 1 aromatic heterocycles. The van der Waals surface area contributed by atoms with Crippen LogP contribution in [0.5, 0.6) is 0 Å². The number of nitrogens with one attached hydrogen (secondary N) is 1. The molecule has 3 N–H and O–H groups in total. The molecule has 0 aliphatic heterocycles. The van der Waals surface area contributed by atoms with E-state index in [1.54, 1.807) is 18.2 Å². The Kier molecular flexibility index (Phi) is 3.22. The summed E-state index contributed by atoms with van der Waals surface area (Å²) in [6.07, 6.45) is 1.47. The summed E-state index contributed by atoms with van der Waals surface area (Å²) in [6.45, 7) is 0. The van der Waals surface area contributed by atoms with Crippen LogP contribution < -0.4 is 11.2 Å². The molecule has 18 heavy (non-hydrogen) atoms. The molecular formula is C13H9N3OS. The maximum atomic E-state index is 11.8. The van der Waals surface area contributed by atoms with Crippen LogP contribution in [0.1, 0.15) is 5.69 Å². The minimum absolute atomic E-state index is 0.00603. The monoisotopic (exact) mass is 255 g/mol. The predicted molar refractivity (Wildman–Crippen MR) is 74.9 cm³/mol. The number of para-hydroxylation sites is 1. The van der Waals surface area contributed by atoms with Crippen molar-refractivity contribution in [3.8, 4) is 6.07 Å². The predicted octanol–water partition coefficient (Wildman–Crippen LogP) is 1.72. The van der Waals surface area contributed by atoms with Crippen LogP contribution in [0.2, 0.25) is 0 Å². The number of hydrogen-bond acceptors (Lipinski definition) is 3. The Morgan fingerprint density at radius 1 is 1.44 bits per heavy atom. The Labute approximate surface area is 108 Å². The van der Waals surface area contributed by atoms with E-state index in [-0.39, 0.29) is 16.0 Å². The molecule has 0 saturated heterocycles. The van der Waals surface area contributed by atoms with E-state index in [1.807, 2.05) is 12.1 Å². The zero-order valence-corrected chi connectivity index (χ0v) is 10.1. The third-order valence-electron chi connectivity index (χ3n) is 2.44. The van der Waals surface area contributed by atoms with Crippen LogP contribution in [0.15, 0.2) is 40.7 Å². The topological polar surface area (TPSA) is 82.7 Å². The molecule has 0 atom stereocenters. The van der Waals surface area contributed by atoms with Gasteiger partial charge >= 0.3 is 0 Å². The van der Waals surface area contributed by atoms with E-state index in [2.05, 4.69) is 4.98 Å². The van der Waals surface area contributed by atoms with E-state index in [0.29, 0.717) is 16.6 Å². The van der Waals surface area contributed by atoms with Crippen LogP contribution in [-0.4, -0.2) is 9.97 Å². The zero-order chi connectivity index (χ0) is 13.1. The van der Waals surface area contributed by atoms with Crippen LogP contribution >= 0.6 is 12.2 Å². The number of fused-ring (bicyclic) bond motifs is 1. The van der Waals surface area contributed by atoms with E-state index >= 15 is 0 Å². The first kappa shape index (κ1) is 12.0. The SMILES string of the molecule is N#CC(=Cc1cc(=O)c2ccccc2[nH]1)C(N)=S. The Bertz CT molecular complexity index is 753. The number of benzene rings is 1. The van der Waals surface area contributed by atoms with Crippen molar-refractivity contribution in [1.82, 2.24) is 4.98 Å². The van der Waals surface area contributed by atoms with Gasteiger partial charge in [-0.25, -0.2) is 0 Å². The van der Waals surface area contributed by atoms with Crippen LogP contribution in [-0.2, 0) is 0 Å². The summed E-state index contributed by atoms with van der Waals surface area (Å²) in [5, 5.41) is 9.46. The number of pyridine rings is 1. The molecule has 0 amide bonds. The van der Waals surface area contributed by atoms with Gasteiger partial charge in [-0.05, 0) is 18.2 Å². The van der Waals surface area contributed by atoms with Crippen LogP contribution in [0.25, 0.3) is 17.0 Å². The quantitative estimate of drug-likeness (QED) is 0.486. The van der Waals surface area contributed by atoms with Crippen molar-refractivity contribution >= 4 is 34.2 Å². The maximum Gasteiger partial charge on any atom is 0.189 e. The number of nitrogens with two attached hydrogens (primary N) is 1. The number of H-pyrrole nitrogens is 1. The molecule has 0 aliphatic carbocycles. The van der Waals surface area contributed by atoms with Gasteiger partial charge in [0.05, 0.1) is 5.57 Å². The zero-order valence-electron chi connectivity index (χ0n) is 9.31. The summed E-state index contributed by atoms with van der Waals surface area (Å²) in [6, 6.07) is 10.5. The lowest BCUT2D eigenvalue weighted by Crippen LogP contribution is -2.10. The Hall–Kier alpha value is -2.45. The van der Waals surface area contributed by atoms with Gasteiger partial charge in [-0.3, -0.25) is 4.79 Å². The third kappa shape index (κ3) is 2.29. The fraction of sp³-hybridized carbons (Fsp3) is 0. The van der Waals surface area contributed by atoms with E-state index in [1.165, 1.54) is 12.1 Å². The number of aromatic amines is 1. The molecule has 2 rings (SSSR count). The minimum Gasteiger partial charge on any atom is -0.389 e. The third-order valence-corrected chi connectivity index (χ3v) is 2.66. The molecule has 5 heteroatoms. The van der Waals surface area contributed by atoms with Crippen molar-refractivity contribution in [2.45, 2.75) is 0 Å². The number of nitriles is 1. The summed E-state index contributed by atoms with van der Waals surface area (Å²) < 4.78 is 0. The van der Waals surface area contributed by atoms with Crippen molar-refractivity contribution in [3.05, 3.63) is 51.8 Å². The highest BCUT2D eigenvalue weighted by atomic mass is 32.1. The lowest BCUT2D eigenvalue weighted by atomic mass is 10.1. The van der Waals surface area contributed by atoms with E-state index in [0.717, 1.165) is 0 Å². The number of hydrogen-bond donors (Lipinski definition) is 2. The average Bonchev–Trinajstić information content (AvgIpc) is 2.35. The van der Waals surface area contributed by atoms with Gasteiger partial charge in [0.1, 0.15) is 11.1 Å². The second-order valence-corrected chi connectivity index (χ2v) is 4.11. The van der Waals surface area contributed by atoms with Gasteiger partial charge in [0.15, 0.2) is 5.43 Å². The van der Waals surface area contributed by atoms with Gasteiger partial charge in [0, 0.05) is 22.7 Å². The second-order valence-electron chi connectivity index (χ2n) is 3.67. The maximum absolute atomic E-state index is 11.8. The highest BCUT2D eigenvalue weighted by molar-refractivity contribution is 7.80. The molecule has 1 aromatic carbocycles. The molecule has 1 heterocycles. The molecule has 0 unspecified atom stereocenters. The molecule has 2 aromatic rings. The van der Waals surface area contributed by atoms with Crippen LogP contribution in [0, 0.1) is 11.3 Å². The lowest BCUT2D eigenvalue weighted by Gasteiger charge is -2.00. The summed E-state index contributed by atoms with van der Waals surface area (Å²) in [5.41, 5.74) is 6.65. The van der Waals surface area contributed by atoms with Crippen molar-refractivity contribution in [2.24, 2.45) is 5.73 Å². The van der Waals surface area contributed by atoms with E-state index in [9.17, 15) is 4.79 Å². The van der Waals surface area contributed by atoms with Gasteiger partial charge in [-0.1, -0.05) is 24.4 Å². The van der Waals surface area contributed by atoms with Gasteiger partial charge < -0.3 is 10.7 Å². The summed E-state index contributed by atoms with van der Waals surface area (Å²) in [4.78, 5) is 14.9. The molecule has 0 spiro atoms. The first-order valence-electron chi connectivity index (χ1n) is 5.15. The number of thiocarbonyl (C=S) groups is 1. The molecule has 0 fully saturated rings. The summed E-state index contributed by atoms with van der Waals surface area (Å²) in [7, 11) is 0. The highest BCUT2D eigenvalue weighted by Crippen LogP contribution is 2.09. The van der Waals surface area contributed by atoms with Crippen LogP contribution in [0.3, 0.4) is 0 Å². The van der Waals surface area contributed by atoms with Crippen molar-refractivity contribution in [3.63, 3.8) is 0 Å². The Morgan fingerprint density at radius 3 is 2.83 bits per heavy atom. The molecule has 0 aliphatic rings. The standard InChI is InChI=1S/C13H9N3OS/c14-7-8(13(15)18)5-9-6-12(17)10-3-1-2-4-11(10)16-9/h1-6H,(H2,15,18)(H,16,17). The van der Waals surface area contributed by atoms with E-state index < -0.39 is 0 Å². The number of nitrogens with zero attached hydrogens (tertiary/aromatic N) is 1. The van der Waals surface area contributed by atoms with Gasteiger partial charge in [0.25, 0.3) is 0 Å². The number of rotatable bonds is 2. The molecule has 0 radical (unpaired) electrons. The van der Waals surface area contributed by atoms with E-state index in [4.69, 9.17) is 23.2 Å². The molecule has 0 bridgehead atoms. The lowest BCUT2D eigenvalue weighted by molar-refractivity contribution is 1.35. The van der Waals surface area contributed by atoms with Gasteiger partial charge in [0.2, 0.25) is 0 Å². The Morgan fingerprint density at radius 2 is 2.17 bits per heavy atom. The second kappa shape index (κ2) is 4.82. The van der Waals surface area contributed by atoms with Crippen molar-refractivity contribution < 1.29 is 0 Å². The fourth-order valence-electron chi connectivity index (χ4n) is 1.61. The minimum atomic E-state index is -0.115. The van der Waals surface area contributed by atoms with Gasteiger partial charge in [-0.15, -0.1) is 0 Å².